The third-order valence-corrected chi connectivity index (χ3v) is 4.66. The van der Waals surface area contributed by atoms with Crippen molar-refractivity contribution >= 4 is 27.4 Å². The van der Waals surface area contributed by atoms with E-state index in [-0.39, 0.29) is 0 Å². The fraction of sp³-hybridized carbons (Fsp3) is 0.400. The van der Waals surface area contributed by atoms with Crippen LogP contribution in [0.4, 0.5) is 0 Å². The molecule has 1 aromatic carbocycles. The van der Waals surface area contributed by atoms with Crippen LogP contribution in [-0.2, 0) is 6.54 Å². The Morgan fingerprint density at radius 1 is 1.40 bits per heavy atom. The molecule has 0 aliphatic carbocycles. The summed E-state index contributed by atoms with van der Waals surface area (Å²) in [6, 6.07) is 7.68. The molecule has 108 valence electrons. The minimum Gasteiger partial charge on any atom is -0.477 e. The Hall–Kier alpha value is -1.43. The normalized spacial score (nSPS) is 14.3. The number of rotatable bonds is 6. The molecule has 0 saturated heterocycles. The molecular weight excluding hydrogens is 274 g/mol. The van der Waals surface area contributed by atoms with Crippen LogP contribution in [0, 0.1) is 0 Å². The van der Waals surface area contributed by atoms with Crippen LogP contribution in [0.1, 0.15) is 35.5 Å². The van der Waals surface area contributed by atoms with E-state index < -0.39 is 11.6 Å². The van der Waals surface area contributed by atoms with Crippen LogP contribution >= 0.6 is 11.3 Å². The number of thiophene rings is 1. The van der Waals surface area contributed by atoms with Crippen molar-refractivity contribution in [1.82, 2.24) is 5.32 Å². The Bertz CT molecular complexity index is 619. The van der Waals surface area contributed by atoms with Crippen molar-refractivity contribution in [2.45, 2.75) is 32.4 Å². The number of carboxylic acid groups (broad SMARTS) is 1. The Kier molecular flexibility index (Phi) is 4.42. The van der Waals surface area contributed by atoms with Gasteiger partial charge >= 0.3 is 5.97 Å². The van der Waals surface area contributed by atoms with Gasteiger partial charge in [0.15, 0.2) is 0 Å². The van der Waals surface area contributed by atoms with Crippen LogP contribution < -0.4 is 5.32 Å². The Labute approximate surface area is 122 Å². The van der Waals surface area contributed by atoms with Gasteiger partial charge in [-0.15, -0.1) is 11.3 Å². The van der Waals surface area contributed by atoms with Crippen LogP contribution in [0.5, 0.6) is 0 Å². The van der Waals surface area contributed by atoms with Crippen LogP contribution in [0.25, 0.3) is 10.1 Å². The van der Waals surface area contributed by atoms with E-state index in [1.165, 1.54) is 11.3 Å². The van der Waals surface area contributed by atoms with E-state index >= 15 is 0 Å². The first kappa shape index (κ1) is 15.0. The van der Waals surface area contributed by atoms with Gasteiger partial charge in [0.2, 0.25) is 0 Å². The molecule has 0 aliphatic rings. The molecule has 20 heavy (non-hydrogen) atoms. The highest BCUT2D eigenvalue weighted by atomic mass is 32.1. The van der Waals surface area contributed by atoms with Crippen molar-refractivity contribution in [2.75, 3.05) is 6.54 Å². The molecule has 4 nitrogen and oxygen atoms in total. The minimum atomic E-state index is -0.898. The summed E-state index contributed by atoms with van der Waals surface area (Å²) in [5, 5.41) is 23.4. The van der Waals surface area contributed by atoms with E-state index in [0.717, 1.165) is 15.6 Å². The SMILES string of the molecule is CCC(C)(O)CNCc1c(C(=O)O)sc2ccccc12. The molecule has 0 aliphatic heterocycles. The maximum absolute atomic E-state index is 11.3. The van der Waals surface area contributed by atoms with E-state index in [2.05, 4.69) is 5.32 Å². The van der Waals surface area contributed by atoms with Crippen LogP contribution in [0.3, 0.4) is 0 Å². The van der Waals surface area contributed by atoms with Gasteiger partial charge in [0.25, 0.3) is 0 Å². The van der Waals surface area contributed by atoms with Crippen molar-refractivity contribution in [1.29, 1.82) is 0 Å². The number of nitrogens with one attached hydrogen (secondary N) is 1. The van der Waals surface area contributed by atoms with Gasteiger partial charge in [0.1, 0.15) is 4.88 Å². The number of carbonyl (C=O) groups is 1. The lowest BCUT2D eigenvalue weighted by atomic mass is 10.0. The summed E-state index contributed by atoms with van der Waals surface area (Å²) in [7, 11) is 0. The molecule has 0 amide bonds. The maximum Gasteiger partial charge on any atom is 0.346 e. The molecule has 0 radical (unpaired) electrons. The van der Waals surface area contributed by atoms with Gasteiger partial charge in [-0.1, -0.05) is 25.1 Å². The van der Waals surface area contributed by atoms with Gasteiger partial charge in [-0.2, -0.15) is 0 Å². The number of hydrogen-bond acceptors (Lipinski definition) is 4. The molecule has 1 unspecified atom stereocenters. The molecule has 5 heteroatoms. The second-order valence-corrected chi connectivity index (χ2v) is 6.22. The fourth-order valence-electron chi connectivity index (χ4n) is 2.03. The van der Waals surface area contributed by atoms with E-state index in [4.69, 9.17) is 0 Å². The maximum atomic E-state index is 11.3. The summed E-state index contributed by atoms with van der Waals surface area (Å²) >= 11 is 1.29. The Balaban J connectivity index is 2.24. The van der Waals surface area contributed by atoms with Gasteiger partial charge in [-0.05, 0) is 30.4 Å². The number of aliphatic hydroxyl groups is 1. The number of benzene rings is 1. The number of hydrogen-bond donors (Lipinski definition) is 3. The van der Waals surface area contributed by atoms with E-state index in [0.29, 0.717) is 24.4 Å². The average Bonchev–Trinajstić information content (AvgIpc) is 2.78. The molecular formula is C15H19NO3S. The third-order valence-electron chi connectivity index (χ3n) is 3.46. The van der Waals surface area contributed by atoms with Gasteiger partial charge in [-0.25, -0.2) is 4.79 Å². The predicted molar refractivity (Wildman–Crippen MR) is 81.4 cm³/mol. The summed E-state index contributed by atoms with van der Waals surface area (Å²) in [5.74, 6) is -0.898. The van der Waals surface area contributed by atoms with Crippen molar-refractivity contribution in [3.63, 3.8) is 0 Å². The summed E-state index contributed by atoms with van der Waals surface area (Å²) in [6.07, 6.45) is 0.649. The van der Waals surface area contributed by atoms with E-state index in [1.54, 1.807) is 6.92 Å². The quantitative estimate of drug-likeness (QED) is 0.766. The summed E-state index contributed by atoms with van der Waals surface area (Å²) in [6.45, 7) is 4.57. The summed E-state index contributed by atoms with van der Waals surface area (Å²) in [5.41, 5.74) is 0.0277. The Morgan fingerprint density at radius 2 is 2.10 bits per heavy atom. The van der Waals surface area contributed by atoms with Crippen LogP contribution in [0.15, 0.2) is 24.3 Å². The first-order chi connectivity index (χ1) is 9.44. The number of fused-ring (bicyclic) bond motifs is 1. The molecule has 1 heterocycles. The lowest BCUT2D eigenvalue weighted by Gasteiger charge is -2.21. The topological polar surface area (TPSA) is 69.6 Å². The van der Waals surface area contributed by atoms with Gasteiger partial charge in [0.05, 0.1) is 5.60 Å². The number of carboxylic acids is 1. The lowest BCUT2D eigenvalue weighted by Crippen LogP contribution is -2.36. The fourth-order valence-corrected chi connectivity index (χ4v) is 3.09. The first-order valence-electron chi connectivity index (χ1n) is 6.61. The zero-order valence-corrected chi connectivity index (χ0v) is 12.5. The molecule has 1 atom stereocenters. The molecule has 1 aromatic heterocycles. The van der Waals surface area contributed by atoms with Gasteiger partial charge in [0, 0.05) is 17.8 Å². The smallest absolute Gasteiger partial charge is 0.346 e. The minimum absolute atomic E-state index is 0.370. The standard InChI is InChI=1S/C15H19NO3S/c1-3-15(2,19)9-16-8-11-10-6-4-5-7-12(10)20-13(11)14(17)18/h4-7,16,19H,3,8-9H2,1-2H3,(H,17,18). The van der Waals surface area contributed by atoms with Crippen LogP contribution in [-0.4, -0.2) is 28.3 Å². The molecule has 2 rings (SSSR count). The highest BCUT2D eigenvalue weighted by Crippen LogP contribution is 2.31. The van der Waals surface area contributed by atoms with Crippen molar-refractivity contribution in [3.05, 3.63) is 34.7 Å². The monoisotopic (exact) mass is 293 g/mol. The van der Waals surface area contributed by atoms with Crippen molar-refractivity contribution in [3.8, 4) is 0 Å². The van der Waals surface area contributed by atoms with Gasteiger partial charge < -0.3 is 15.5 Å². The lowest BCUT2D eigenvalue weighted by molar-refractivity contribution is 0.0556. The summed E-state index contributed by atoms with van der Waals surface area (Å²) < 4.78 is 0.976. The summed E-state index contributed by atoms with van der Waals surface area (Å²) in [4.78, 5) is 11.7. The molecule has 0 saturated carbocycles. The second-order valence-electron chi connectivity index (χ2n) is 5.17. The molecule has 0 spiro atoms. The average molecular weight is 293 g/mol. The highest BCUT2D eigenvalue weighted by molar-refractivity contribution is 7.21. The molecule has 3 N–H and O–H groups in total. The largest absolute Gasteiger partial charge is 0.477 e. The van der Waals surface area contributed by atoms with Crippen LogP contribution in [0.2, 0.25) is 0 Å². The Morgan fingerprint density at radius 3 is 2.75 bits per heavy atom. The van der Waals surface area contributed by atoms with Gasteiger partial charge in [-0.3, -0.25) is 0 Å². The zero-order chi connectivity index (χ0) is 14.8. The van der Waals surface area contributed by atoms with Crippen molar-refractivity contribution < 1.29 is 15.0 Å². The van der Waals surface area contributed by atoms with E-state index in [9.17, 15) is 15.0 Å². The number of aromatic carboxylic acids is 1. The highest BCUT2D eigenvalue weighted by Gasteiger charge is 2.20. The molecule has 0 bridgehead atoms. The third kappa shape index (κ3) is 3.17. The second kappa shape index (κ2) is 5.91. The molecule has 2 aromatic rings. The van der Waals surface area contributed by atoms with E-state index in [1.807, 2.05) is 31.2 Å². The zero-order valence-electron chi connectivity index (χ0n) is 11.6. The first-order valence-corrected chi connectivity index (χ1v) is 7.43. The molecule has 0 fully saturated rings. The van der Waals surface area contributed by atoms with Crippen molar-refractivity contribution in [2.24, 2.45) is 0 Å². The predicted octanol–water partition coefficient (Wildman–Crippen LogP) is 2.85.